The van der Waals surface area contributed by atoms with Crippen molar-refractivity contribution in [2.24, 2.45) is 22.9 Å². The number of fused-ring (bicyclic) bond motifs is 2. The van der Waals surface area contributed by atoms with Gasteiger partial charge in [0.2, 0.25) is 5.79 Å². The number of ether oxygens (including phenoxy) is 5. The molecule has 0 aromatic heterocycles. The van der Waals surface area contributed by atoms with Gasteiger partial charge in [0.25, 0.3) is 5.69 Å². The third-order valence-electron chi connectivity index (χ3n) is 14.7. The van der Waals surface area contributed by atoms with Crippen LogP contribution in [0.2, 0.25) is 0 Å². The summed E-state index contributed by atoms with van der Waals surface area (Å²) >= 11 is 0. The molecule has 416 valence electrons. The highest BCUT2D eigenvalue weighted by Crippen LogP contribution is 2.62. The smallest absolute Gasteiger partial charge is 0.412 e. The molecule has 6 unspecified atom stereocenters. The number of nitrogens with zero attached hydrogens (tertiary/aromatic N) is 3. The first-order valence-corrected chi connectivity index (χ1v) is 27.7. The Balaban J connectivity index is 1.44. The zero-order chi connectivity index (χ0) is 54.0. The highest BCUT2D eigenvalue weighted by atomic mass is 16.7. The highest BCUT2D eigenvalue weighted by Gasteiger charge is 2.65. The molecular weight excluding hydrogens is 973 g/mol. The standard InChI is InChI=1S/C59H82N4O13/c1-3-5-6-7-8-9-10-11-12-20-36-72-58(68)62(31-37-71-38-34-66)54-41-52(61-74-43-45-25-27-47(28-26-45)63(69)70)50-39-46(23-16-18-32-64)49(24-17-19-33-65)55-51-40-48(75-57(67)60-42-44-21-14-13-15-22-44)29-30-53(51)76-59(54,56(50)55)73-35-4-2/h4,13-15,21-22,25-30,39-40,46,49,54-56,64-66H,2-3,5-12,16-20,23-24,31-38,41-43H2,1H3,(H,60,67). The summed E-state index contributed by atoms with van der Waals surface area (Å²) in [5.74, 6) is -2.12. The molecule has 76 heavy (non-hydrogen) atoms. The maximum atomic E-state index is 14.9. The lowest BCUT2D eigenvalue weighted by Gasteiger charge is -2.59. The monoisotopic (exact) mass is 1050 g/mol. The minimum atomic E-state index is -1.61. The first-order valence-electron chi connectivity index (χ1n) is 27.7. The zero-order valence-corrected chi connectivity index (χ0v) is 44.5. The van der Waals surface area contributed by atoms with Gasteiger partial charge in [-0.15, -0.1) is 6.58 Å². The summed E-state index contributed by atoms with van der Waals surface area (Å²) in [6.45, 7) is 6.72. The number of oxime groups is 1. The number of rotatable bonds is 35. The van der Waals surface area contributed by atoms with Crippen molar-refractivity contribution in [3.8, 4) is 11.5 Å². The first-order chi connectivity index (χ1) is 37.2. The SMILES string of the molecule is C=CCOC12Oc3ccc(OC(=O)NCc4ccccc4)cc3C3C(CCCCO)C(CCCCO)C=C(C(=NOCc4ccc([N+](=O)[O-])cc4)CC1N(CCOCCO)C(=O)OCCCCCCCCCCCC)C32. The normalized spacial score (nSPS) is 20.9. The lowest BCUT2D eigenvalue weighted by atomic mass is 9.55. The van der Waals surface area contributed by atoms with E-state index in [9.17, 15) is 35.0 Å². The number of amides is 2. The van der Waals surface area contributed by atoms with E-state index in [1.54, 1.807) is 35.2 Å². The number of non-ortho nitro benzene ring substituents is 1. The van der Waals surface area contributed by atoms with Crippen LogP contribution in [0.25, 0.3) is 0 Å². The van der Waals surface area contributed by atoms with Crippen molar-refractivity contribution in [2.75, 3.05) is 52.8 Å². The third kappa shape index (κ3) is 16.8. The van der Waals surface area contributed by atoms with Crippen LogP contribution < -0.4 is 14.8 Å². The molecule has 6 rings (SSSR count). The molecule has 3 aromatic rings. The number of aliphatic hydroxyl groups excluding tert-OH is 3. The molecule has 3 aromatic carbocycles. The Kier molecular flexibility index (Phi) is 25.0. The van der Waals surface area contributed by atoms with Gasteiger partial charge in [-0.1, -0.05) is 125 Å². The molecule has 0 bridgehead atoms. The summed E-state index contributed by atoms with van der Waals surface area (Å²) in [7, 11) is 0. The van der Waals surface area contributed by atoms with Crippen molar-refractivity contribution in [1.82, 2.24) is 10.2 Å². The van der Waals surface area contributed by atoms with E-state index in [0.29, 0.717) is 61.3 Å². The predicted octanol–water partition coefficient (Wildman–Crippen LogP) is 11.1. The van der Waals surface area contributed by atoms with Crippen molar-refractivity contribution in [1.29, 1.82) is 0 Å². The third-order valence-corrected chi connectivity index (χ3v) is 14.7. The van der Waals surface area contributed by atoms with E-state index in [-0.39, 0.29) is 89.9 Å². The summed E-state index contributed by atoms with van der Waals surface area (Å²) < 4.78 is 32.4. The number of nitrogens with one attached hydrogen (secondary N) is 1. The summed E-state index contributed by atoms with van der Waals surface area (Å²) in [5, 5.41) is 49.0. The molecule has 0 saturated heterocycles. The second-order valence-corrected chi connectivity index (χ2v) is 20.0. The van der Waals surface area contributed by atoms with Gasteiger partial charge in [-0.25, -0.2) is 9.59 Å². The van der Waals surface area contributed by atoms with E-state index in [1.807, 2.05) is 36.4 Å². The maximum absolute atomic E-state index is 14.9. The second-order valence-electron chi connectivity index (χ2n) is 20.0. The van der Waals surface area contributed by atoms with Gasteiger partial charge in [-0.05, 0) is 91.0 Å². The van der Waals surface area contributed by atoms with Gasteiger partial charge >= 0.3 is 12.2 Å². The number of carbonyl (C=O) groups is 2. The number of hydrogen-bond acceptors (Lipinski definition) is 14. The van der Waals surface area contributed by atoms with Gasteiger partial charge in [0.1, 0.15) is 24.1 Å². The molecule has 4 N–H and O–H groups in total. The molecule has 0 radical (unpaired) electrons. The van der Waals surface area contributed by atoms with Crippen molar-refractivity contribution in [3.05, 3.63) is 124 Å². The zero-order valence-electron chi connectivity index (χ0n) is 44.5. The van der Waals surface area contributed by atoms with E-state index in [2.05, 4.69) is 24.9 Å². The molecule has 2 aliphatic carbocycles. The number of unbranched alkanes of at least 4 members (excludes halogenated alkanes) is 11. The Morgan fingerprint density at radius 3 is 2.25 bits per heavy atom. The molecule has 17 nitrogen and oxygen atoms in total. The number of nitro benzene ring substituents is 1. The van der Waals surface area contributed by atoms with Crippen LogP contribution in [-0.2, 0) is 32.2 Å². The molecule has 1 aliphatic heterocycles. The Morgan fingerprint density at radius 1 is 0.855 bits per heavy atom. The second kappa shape index (κ2) is 32.0. The number of aliphatic hydroxyl groups is 3. The predicted molar refractivity (Wildman–Crippen MR) is 290 cm³/mol. The van der Waals surface area contributed by atoms with Crippen LogP contribution in [0.3, 0.4) is 0 Å². The molecule has 6 atom stereocenters. The highest BCUT2D eigenvalue weighted by molar-refractivity contribution is 6.03. The van der Waals surface area contributed by atoms with Crippen molar-refractivity contribution in [3.63, 3.8) is 0 Å². The van der Waals surface area contributed by atoms with Gasteiger partial charge in [0.15, 0.2) is 0 Å². The van der Waals surface area contributed by atoms with E-state index in [4.69, 9.17) is 33.7 Å². The Bertz CT molecular complexity index is 2310. The summed E-state index contributed by atoms with van der Waals surface area (Å²) in [6.07, 6.45) is 17.9. The molecule has 1 fully saturated rings. The minimum Gasteiger partial charge on any atom is -0.459 e. The lowest BCUT2D eigenvalue weighted by Crippen LogP contribution is -2.70. The minimum absolute atomic E-state index is 0.0126. The number of hydrogen-bond donors (Lipinski definition) is 4. The molecule has 0 spiro atoms. The molecule has 3 aliphatic rings. The average Bonchev–Trinajstić information content (AvgIpc) is 3.44. The van der Waals surface area contributed by atoms with Gasteiger partial charge in [0, 0.05) is 56.3 Å². The van der Waals surface area contributed by atoms with E-state index < -0.39 is 40.8 Å². The quantitative estimate of drug-likeness (QED) is 0.0187. The fourth-order valence-corrected chi connectivity index (χ4v) is 11.1. The lowest BCUT2D eigenvalue weighted by molar-refractivity contribution is -0.384. The van der Waals surface area contributed by atoms with Crippen LogP contribution in [0.5, 0.6) is 11.5 Å². The molecule has 17 heteroatoms. The fourth-order valence-electron chi connectivity index (χ4n) is 11.1. The van der Waals surface area contributed by atoms with Gasteiger partial charge in [0.05, 0.1) is 49.6 Å². The van der Waals surface area contributed by atoms with Gasteiger partial charge in [-0.2, -0.15) is 0 Å². The topological polar surface area (TPSA) is 221 Å². The van der Waals surface area contributed by atoms with E-state index in [0.717, 1.165) is 42.4 Å². The van der Waals surface area contributed by atoms with Crippen molar-refractivity contribution in [2.45, 2.75) is 147 Å². The fraction of sp³-hybridized carbons (Fsp3) is 0.576. The molecule has 1 saturated carbocycles. The van der Waals surface area contributed by atoms with Crippen LogP contribution in [0.15, 0.2) is 102 Å². The Hall–Kier alpha value is -5.85. The van der Waals surface area contributed by atoms with E-state index >= 15 is 0 Å². The summed E-state index contributed by atoms with van der Waals surface area (Å²) in [5.41, 5.74) is 3.59. The van der Waals surface area contributed by atoms with Crippen molar-refractivity contribution < 1.29 is 58.4 Å². The number of nitro groups is 1. The van der Waals surface area contributed by atoms with Crippen LogP contribution >= 0.6 is 0 Å². The summed E-state index contributed by atoms with van der Waals surface area (Å²) in [4.78, 5) is 47.1. The Morgan fingerprint density at radius 2 is 1.57 bits per heavy atom. The van der Waals surface area contributed by atoms with Gasteiger partial charge < -0.3 is 49.2 Å². The number of carbonyl (C=O) groups excluding carboxylic acids is 2. The molecular formula is C59H82N4O13. The molecule has 2 amide bonds. The first kappa shape index (κ1) is 59.4. The van der Waals surface area contributed by atoms with Crippen LogP contribution in [0.1, 0.15) is 139 Å². The largest absolute Gasteiger partial charge is 0.459 e. The summed E-state index contributed by atoms with van der Waals surface area (Å²) in [6, 6.07) is 20.0. The van der Waals surface area contributed by atoms with Crippen LogP contribution in [-0.4, -0.2) is 108 Å². The number of allylic oxidation sites excluding steroid dienone is 1. The Labute approximate surface area is 448 Å². The number of benzene rings is 3. The van der Waals surface area contributed by atoms with E-state index in [1.165, 1.54) is 50.7 Å². The average molecular weight is 1060 g/mol. The van der Waals surface area contributed by atoms with Crippen molar-refractivity contribution >= 4 is 23.6 Å². The maximum Gasteiger partial charge on any atom is 0.412 e. The van der Waals surface area contributed by atoms with Crippen LogP contribution in [0.4, 0.5) is 15.3 Å². The van der Waals surface area contributed by atoms with Gasteiger partial charge in [-0.3, -0.25) is 15.0 Å². The van der Waals surface area contributed by atoms with Crippen LogP contribution in [0, 0.1) is 27.9 Å². The molecule has 1 heterocycles.